The molecule has 0 aliphatic heterocycles. The van der Waals surface area contributed by atoms with Crippen LogP contribution in [0.15, 0.2) is 79.1 Å². The third kappa shape index (κ3) is 4.33. The fourth-order valence-electron chi connectivity index (χ4n) is 3.91. The molecule has 0 saturated heterocycles. The van der Waals surface area contributed by atoms with E-state index in [9.17, 15) is 4.79 Å². The van der Waals surface area contributed by atoms with Crippen LogP contribution in [0.2, 0.25) is 0 Å². The quantitative estimate of drug-likeness (QED) is 0.306. The summed E-state index contributed by atoms with van der Waals surface area (Å²) in [4.78, 5) is 20.7. The van der Waals surface area contributed by atoms with E-state index in [1.165, 1.54) is 0 Å². The maximum Gasteiger partial charge on any atom is 0.240 e. The molecule has 5 aromatic rings. The van der Waals surface area contributed by atoms with Crippen molar-refractivity contribution < 1.29 is 9.53 Å². The number of hydrogen-bond donors (Lipinski definition) is 3. The third-order valence-electron chi connectivity index (χ3n) is 5.62. The monoisotopic (exact) mass is 470 g/mol. The van der Waals surface area contributed by atoms with Gasteiger partial charge >= 0.3 is 0 Å². The van der Waals surface area contributed by atoms with Gasteiger partial charge in [0.25, 0.3) is 0 Å². The first-order chi connectivity index (χ1) is 16.6. The Morgan fingerprint density at radius 3 is 2.65 bits per heavy atom. The molecule has 3 N–H and O–H groups in total. The molecule has 34 heavy (non-hydrogen) atoms. The van der Waals surface area contributed by atoms with Gasteiger partial charge in [-0.05, 0) is 59.7 Å². The Morgan fingerprint density at radius 2 is 1.88 bits per heavy atom. The summed E-state index contributed by atoms with van der Waals surface area (Å²) < 4.78 is 7.29. The Labute approximate surface area is 200 Å². The van der Waals surface area contributed by atoms with Crippen LogP contribution >= 0.6 is 12.2 Å². The highest BCUT2D eigenvalue weighted by molar-refractivity contribution is 7.71. The van der Waals surface area contributed by atoms with E-state index in [4.69, 9.17) is 17.0 Å². The van der Waals surface area contributed by atoms with Crippen LogP contribution in [0.1, 0.15) is 17.2 Å². The SMILES string of the molecule is COc1ccc(-c2n[nH]c(=S)n2CC(=O)NC(c2ccccc2)c2ccc3nc[nH]c3c2)cc1. The van der Waals surface area contributed by atoms with Crippen LogP contribution in [0.25, 0.3) is 22.4 Å². The molecule has 0 saturated carbocycles. The van der Waals surface area contributed by atoms with Crippen molar-refractivity contribution >= 4 is 29.2 Å². The molecule has 8 nitrogen and oxygen atoms in total. The van der Waals surface area contributed by atoms with E-state index in [1.807, 2.05) is 72.8 Å². The zero-order valence-electron chi connectivity index (χ0n) is 18.4. The molecule has 2 aromatic heterocycles. The minimum atomic E-state index is -0.341. The number of ether oxygens (including phenoxy) is 1. The second-order valence-electron chi connectivity index (χ2n) is 7.76. The van der Waals surface area contributed by atoms with Crippen LogP contribution in [-0.4, -0.2) is 37.7 Å². The molecule has 0 fully saturated rings. The zero-order chi connectivity index (χ0) is 23.5. The Hall–Kier alpha value is -4.24. The molecular formula is C25H22N6O2S. The minimum Gasteiger partial charge on any atom is -0.497 e. The van der Waals surface area contributed by atoms with E-state index < -0.39 is 0 Å². The second kappa shape index (κ2) is 9.32. The molecule has 9 heteroatoms. The van der Waals surface area contributed by atoms with Crippen LogP contribution in [0.5, 0.6) is 5.75 Å². The molecule has 1 amide bonds. The van der Waals surface area contributed by atoms with E-state index >= 15 is 0 Å². The number of carbonyl (C=O) groups is 1. The first-order valence-electron chi connectivity index (χ1n) is 10.7. The van der Waals surface area contributed by atoms with Crippen LogP contribution in [0, 0.1) is 4.77 Å². The number of fused-ring (bicyclic) bond motifs is 1. The maximum absolute atomic E-state index is 13.3. The van der Waals surface area contributed by atoms with Crippen molar-refractivity contribution in [3.63, 3.8) is 0 Å². The summed E-state index contributed by atoms with van der Waals surface area (Å²) in [7, 11) is 1.61. The van der Waals surface area contributed by atoms with E-state index in [1.54, 1.807) is 18.0 Å². The van der Waals surface area contributed by atoms with Gasteiger partial charge < -0.3 is 15.0 Å². The predicted molar refractivity (Wildman–Crippen MR) is 132 cm³/mol. The van der Waals surface area contributed by atoms with Crippen LogP contribution < -0.4 is 10.1 Å². The van der Waals surface area contributed by atoms with E-state index in [0.29, 0.717) is 10.6 Å². The van der Waals surface area contributed by atoms with Crippen molar-refractivity contribution in [2.45, 2.75) is 12.6 Å². The first kappa shape index (κ1) is 21.6. The average Bonchev–Trinajstić information content (AvgIpc) is 3.49. The number of methoxy groups -OCH3 is 1. The van der Waals surface area contributed by atoms with Crippen LogP contribution in [0.3, 0.4) is 0 Å². The fourth-order valence-corrected chi connectivity index (χ4v) is 4.11. The van der Waals surface area contributed by atoms with Gasteiger partial charge in [0.2, 0.25) is 5.91 Å². The molecule has 1 unspecified atom stereocenters. The van der Waals surface area contributed by atoms with Gasteiger partial charge in [0.1, 0.15) is 12.3 Å². The zero-order valence-corrected chi connectivity index (χ0v) is 19.2. The van der Waals surface area contributed by atoms with Crippen molar-refractivity contribution in [1.29, 1.82) is 0 Å². The van der Waals surface area contributed by atoms with Gasteiger partial charge in [-0.15, -0.1) is 0 Å². The highest BCUT2D eigenvalue weighted by Gasteiger charge is 2.19. The Kier molecular flexibility index (Phi) is 5.92. The molecule has 5 rings (SSSR count). The van der Waals surface area contributed by atoms with Gasteiger partial charge in [0.05, 0.1) is 30.5 Å². The second-order valence-corrected chi connectivity index (χ2v) is 8.14. The molecule has 0 aliphatic rings. The van der Waals surface area contributed by atoms with E-state index in [-0.39, 0.29) is 18.5 Å². The van der Waals surface area contributed by atoms with Gasteiger partial charge in [-0.1, -0.05) is 36.4 Å². The molecule has 0 bridgehead atoms. The number of imidazole rings is 1. The van der Waals surface area contributed by atoms with Crippen molar-refractivity contribution in [3.05, 3.63) is 95.0 Å². The topological polar surface area (TPSA) is 101 Å². The lowest BCUT2D eigenvalue weighted by Crippen LogP contribution is -2.32. The van der Waals surface area contributed by atoms with Crippen LogP contribution in [0.4, 0.5) is 0 Å². The Morgan fingerprint density at radius 1 is 1.09 bits per heavy atom. The smallest absolute Gasteiger partial charge is 0.240 e. The maximum atomic E-state index is 13.3. The fraction of sp³-hybridized carbons (Fsp3) is 0.120. The number of hydrogen-bond acceptors (Lipinski definition) is 5. The summed E-state index contributed by atoms with van der Waals surface area (Å²) in [5.74, 6) is 1.13. The summed E-state index contributed by atoms with van der Waals surface area (Å²) in [6.07, 6.45) is 1.66. The van der Waals surface area contributed by atoms with Crippen LogP contribution in [-0.2, 0) is 11.3 Å². The normalized spacial score (nSPS) is 11.9. The summed E-state index contributed by atoms with van der Waals surface area (Å²) in [6.45, 7) is 0.0202. The molecule has 1 atom stereocenters. The summed E-state index contributed by atoms with van der Waals surface area (Å²) in [5.41, 5.74) is 4.52. The highest BCUT2D eigenvalue weighted by atomic mass is 32.1. The Bertz CT molecular complexity index is 1490. The molecule has 3 aromatic carbocycles. The van der Waals surface area contributed by atoms with Gasteiger partial charge in [-0.3, -0.25) is 14.5 Å². The van der Waals surface area contributed by atoms with Gasteiger partial charge in [0.15, 0.2) is 10.6 Å². The minimum absolute atomic E-state index is 0.0202. The lowest BCUT2D eigenvalue weighted by Gasteiger charge is -2.20. The number of aromatic nitrogens is 5. The number of amides is 1. The highest BCUT2D eigenvalue weighted by Crippen LogP contribution is 2.25. The van der Waals surface area contributed by atoms with Gasteiger partial charge in [-0.25, -0.2) is 4.98 Å². The van der Waals surface area contributed by atoms with Crippen molar-refractivity contribution in [2.75, 3.05) is 7.11 Å². The Balaban J connectivity index is 1.43. The van der Waals surface area contributed by atoms with E-state index in [0.717, 1.165) is 33.5 Å². The lowest BCUT2D eigenvalue weighted by atomic mass is 9.98. The molecule has 0 radical (unpaired) electrons. The third-order valence-corrected chi connectivity index (χ3v) is 5.94. The van der Waals surface area contributed by atoms with Crippen molar-refractivity contribution in [2.24, 2.45) is 0 Å². The summed E-state index contributed by atoms with van der Waals surface area (Å²) in [6, 6.07) is 22.9. The van der Waals surface area contributed by atoms with Gasteiger partial charge in [-0.2, -0.15) is 5.10 Å². The van der Waals surface area contributed by atoms with Gasteiger partial charge in [0, 0.05) is 5.56 Å². The number of rotatable bonds is 7. The molecule has 0 spiro atoms. The summed E-state index contributed by atoms with van der Waals surface area (Å²) in [5, 5.41) is 10.3. The molecule has 2 heterocycles. The predicted octanol–water partition coefficient (Wildman–Crippen LogP) is 4.40. The number of nitrogens with one attached hydrogen (secondary N) is 3. The molecule has 0 aliphatic carbocycles. The average molecular weight is 471 g/mol. The molecular weight excluding hydrogens is 448 g/mol. The number of benzene rings is 3. The first-order valence-corrected chi connectivity index (χ1v) is 11.1. The lowest BCUT2D eigenvalue weighted by molar-refractivity contribution is -0.122. The number of carbonyl (C=O) groups excluding carboxylic acids is 1. The number of H-pyrrole nitrogens is 2. The standard InChI is InChI=1S/C25H22N6O2S/c1-33-19-10-7-17(8-11-19)24-29-30-25(34)31(24)14-22(32)28-23(16-5-3-2-4-6-16)18-9-12-20-21(13-18)27-15-26-20/h2-13,15,23H,14H2,1H3,(H,26,27)(H,28,32)(H,30,34). The number of aromatic amines is 2. The van der Waals surface area contributed by atoms with Crippen molar-refractivity contribution in [1.82, 2.24) is 30.0 Å². The van der Waals surface area contributed by atoms with E-state index in [2.05, 4.69) is 25.5 Å². The number of nitrogens with zero attached hydrogens (tertiary/aromatic N) is 3. The summed E-state index contributed by atoms with van der Waals surface area (Å²) >= 11 is 5.41. The van der Waals surface area contributed by atoms with Crippen molar-refractivity contribution in [3.8, 4) is 17.1 Å². The largest absolute Gasteiger partial charge is 0.497 e. The molecule has 170 valence electrons.